The van der Waals surface area contributed by atoms with Gasteiger partial charge in [0.2, 0.25) is 10.0 Å². The minimum Gasteiger partial charge on any atom is -0.327 e. The second-order valence-corrected chi connectivity index (χ2v) is 8.44. The average molecular weight is 276 g/mol. The lowest BCUT2D eigenvalue weighted by molar-refractivity contribution is 0.222. The number of rotatable bonds is 5. The van der Waals surface area contributed by atoms with E-state index in [1.54, 1.807) is 4.31 Å². The Hall–Kier alpha value is -0.130. The third kappa shape index (κ3) is 4.86. The van der Waals surface area contributed by atoms with Crippen LogP contribution in [0, 0.1) is 17.8 Å². The maximum Gasteiger partial charge on any atom is 0.215 e. The molecule has 0 amide bonds. The predicted molar refractivity (Wildman–Crippen MR) is 75.7 cm³/mol. The van der Waals surface area contributed by atoms with Crippen molar-refractivity contribution < 1.29 is 8.42 Å². The molecular formula is C13H28N2O2S. The molecule has 18 heavy (non-hydrogen) atoms. The van der Waals surface area contributed by atoms with Crippen molar-refractivity contribution in [2.45, 2.75) is 46.6 Å². The quantitative estimate of drug-likeness (QED) is 0.831. The van der Waals surface area contributed by atoms with Crippen molar-refractivity contribution in [1.82, 2.24) is 4.31 Å². The van der Waals surface area contributed by atoms with Crippen LogP contribution < -0.4 is 5.73 Å². The molecule has 4 nitrogen and oxygen atoms in total. The fraction of sp³-hybridized carbons (Fsp3) is 1.00. The predicted octanol–water partition coefficient (Wildman–Crippen LogP) is 1.67. The average Bonchev–Trinajstić information content (AvgIpc) is 2.13. The maximum absolute atomic E-state index is 12.3. The van der Waals surface area contributed by atoms with Crippen molar-refractivity contribution in [1.29, 1.82) is 0 Å². The van der Waals surface area contributed by atoms with Crippen molar-refractivity contribution in [2.75, 3.05) is 18.8 Å². The summed E-state index contributed by atoms with van der Waals surface area (Å²) in [4.78, 5) is 0. The first kappa shape index (κ1) is 15.9. The minimum absolute atomic E-state index is 0.0879. The molecule has 1 fully saturated rings. The van der Waals surface area contributed by atoms with Gasteiger partial charge in [0.25, 0.3) is 0 Å². The lowest BCUT2D eigenvalue weighted by atomic mass is 9.94. The third-order valence-corrected chi connectivity index (χ3v) is 5.36. The SMILES string of the molecule is CC(C)CC(N)CS(=O)(=O)N1CC(C)CC(C)C1. The minimum atomic E-state index is -3.19. The molecule has 0 aliphatic carbocycles. The number of hydrogen-bond donors (Lipinski definition) is 1. The zero-order chi connectivity index (χ0) is 13.9. The van der Waals surface area contributed by atoms with Gasteiger partial charge in [0.05, 0.1) is 5.75 Å². The summed E-state index contributed by atoms with van der Waals surface area (Å²) in [6.45, 7) is 9.68. The van der Waals surface area contributed by atoms with E-state index in [1.165, 1.54) is 0 Å². The van der Waals surface area contributed by atoms with Gasteiger partial charge in [-0.1, -0.05) is 27.7 Å². The molecule has 0 radical (unpaired) electrons. The van der Waals surface area contributed by atoms with Crippen LogP contribution in [0.3, 0.4) is 0 Å². The lowest BCUT2D eigenvalue weighted by Gasteiger charge is -2.34. The summed E-state index contributed by atoms with van der Waals surface area (Å²) in [5, 5.41) is 0. The third-order valence-electron chi connectivity index (χ3n) is 3.43. The summed E-state index contributed by atoms with van der Waals surface area (Å²) in [7, 11) is -3.19. The van der Waals surface area contributed by atoms with Crippen LogP contribution in [0.15, 0.2) is 0 Å². The summed E-state index contributed by atoms with van der Waals surface area (Å²) < 4.78 is 26.3. The Morgan fingerprint density at radius 2 is 1.72 bits per heavy atom. The van der Waals surface area contributed by atoms with Gasteiger partial charge in [-0.05, 0) is 30.6 Å². The van der Waals surface area contributed by atoms with E-state index in [2.05, 4.69) is 27.7 Å². The molecule has 3 unspecified atom stereocenters. The molecule has 1 heterocycles. The number of hydrogen-bond acceptors (Lipinski definition) is 3. The van der Waals surface area contributed by atoms with Crippen molar-refractivity contribution in [3.63, 3.8) is 0 Å². The van der Waals surface area contributed by atoms with Gasteiger partial charge in [-0.25, -0.2) is 12.7 Å². The monoisotopic (exact) mass is 276 g/mol. The molecular weight excluding hydrogens is 248 g/mol. The largest absolute Gasteiger partial charge is 0.327 e. The Kier molecular flexibility index (Phi) is 5.62. The van der Waals surface area contributed by atoms with Gasteiger partial charge in [0.15, 0.2) is 0 Å². The van der Waals surface area contributed by atoms with E-state index in [9.17, 15) is 8.42 Å². The highest BCUT2D eigenvalue weighted by atomic mass is 32.2. The van der Waals surface area contributed by atoms with Gasteiger partial charge in [-0.3, -0.25) is 0 Å². The van der Waals surface area contributed by atoms with Gasteiger partial charge in [0, 0.05) is 19.1 Å². The van der Waals surface area contributed by atoms with Crippen LogP contribution in [0.5, 0.6) is 0 Å². The number of sulfonamides is 1. The van der Waals surface area contributed by atoms with E-state index in [0.717, 1.165) is 12.8 Å². The number of nitrogens with two attached hydrogens (primary N) is 1. The highest BCUT2D eigenvalue weighted by molar-refractivity contribution is 7.89. The van der Waals surface area contributed by atoms with Crippen molar-refractivity contribution >= 4 is 10.0 Å². The smallest absolute Gasteiger partial charge is 0.215 e. The molecule has 0 aromatic carbocycles. The molecule has 1 aliphatic rings. The molecule has 2 N–H and O–H groups in total. The van der Waals surface area contributed by atoms with E-state index in [1.807, 2.05) is 0 Å². The van der Waals surface area contributed by atoms with Crippen molar-refractivity contribution in [2.24, 2.45) is 23.5 Å². The Morgan fingerprint density at radius 3 is 2.17 bits per heavy atom. The summed E-state index contributed by atoms with van der Waals surface area (Å²) >= 11 is 0. The topological polar surface area (TPSA) is 63.4 Å². The number of piperidine rings is 1. The zero-order valence-electron chi connectivity index (χ0n) is 12.1. The Balaban J connectivity index is 2.62. The Labute approximate surface area is 112 Å². The molecule has 0 saturated carbocycles. The fourth-order valence-electron chi connectivity index (χ4n) is 2.88. The Morgan fingerprint density at radius 1 is 1.22 bits per heavy atom. The van der Waals surface area contributed by atoms with Gasteiger partial charge < -0.3 is 5.73 Å². The van der Waals surface area contributed by atoms with E-state index in [0.29, 0.717) is 30.8 Å². The highest BCUT2D eigenvalue weighted by Gasteiger charge is 2.31. The summed E-state index contributed by atoms with van der Waals surface area (Å²) in [5.74, 6) is 1.43. The summed E-state index contributed by atoms with van der Waals surface area (Å²) in [6.07, 6.45) is 1.88. The zero-order valence-corrected chi connectivity index (χ0v) is 12.9. The highest BCUT2D eigenvalue weighted by Crippen LogP contribution is 2.23. The second-order valence-electron chi connectivity index (χ2n) is 6.43. The van der Waals surface area contributed by atoms with Crippen molar-refractivity contribution in [3.8, 4) is 0 Å². The van der Waals surface area contributed by atoms with Gasteiger partial charge in [0.1, 0.15) is 0 Å². The van der Waals surface area contributed by atoms with Crippen LogP contribution in [-0.2, 0) is 10.0 Å². The van der Waals surface area contributed by atoms with Crippen LogP contribution in [0.2, 0.25) is 0 Å². The first-order valence-corrected chi connectivity index (χ1v) is 8.55. The molecule has 1 aliphatic heterocycles. The van der Waals surface area contributed by atoms with E-state index in [4.69, 9.17) is 5.73 Å². The molecule has 0 aromatic rings. The molecule has 1 saturated heterocycles. The van der Waals surface area contributed by atoms with E-state index in [-0.39, 0.29) is 11.8 Å². The van der Waals surface area contributed by atoms with E-state index < -0.39 is 10.0 Å². The second kappa shape index (κ2) is 6.35. The van der Waals surface area contributed by atoms with Crippen LogP contribution >= 0.6 is 0 Å². The van der Waals surface area contributed by atoms with Crippen LogP contribution in [0.25, 0.3) is 0 Å². The maximum atomic E-state index is 12.3. The number of nitrogens with zero attached hydrogens (tertiary/aromatic N) is 1. The first-order valence-electron chi connectivity index (χ1n) is 6.94. The molecule has 0 aromatic heterocycles. The first-order chi connectivity index (χ1) is 8.20. The lowest BCUT2D eigenvalue weighted by Crippen LogP contribution is -2.46. The molecule has 0 bridgehead atoms. The molecule has 108 valence electrons. The van der Waals surface area contributed by atoms with Gasteiger partial charge in [-0.15, -0.1) is 0 Å². The molecule has 1 rings (SSSR count). The van der Waals surface area contributed by atoms with Crippen LogP contribution in [-0.4, -0.2) is 37.6 Å². The van der Waals surface area contributed by atoms with Gasteiger partial charge in [-0.2, -0.15) is 0 Å². The van der Waals surface area contributed by atoms with Crippen LogP contribution in [0.4, 0.5) is 0 Å². The Bertz CT molecular complexity index is 344. The van der Waals surface area contributed by atoms with Crippen molar-refractivity contribution in [3.05, 3.63) is 0 Å². The standard InChI is InChI=1S/C13H28N2O2S/c1-10(2)5-13(14)9-18(16,17)15-7-11(3)6-12(4)8-15/h10-13H,5-9,14H2,1-4H3. The normalized spacial score (nSPS) is 28.6. The molecule has 5 heteroatoms. The van der Waals surface area contributed by atoms with E-state index >= 15 is 0 Å². The van der Waals surface area contributed by atoms with Crippen LogP contribution in [0.1, 0.15) is 40.5 Å². The molecule has 0 spiro atoms. The summed E-state index contributed by atoms with van der Waals surface area (Å²) in [5.41, 5.74) is 5.93. The molecule has 3 atom stereocenters. The fourth-order valence-corrected chi connectivity index (χ4v) is 4.73. The summed E-state index contributed by atoms with van der Waals surface area (Å²) in [6, 6.07) is -0.248. The van der Waals surface area contributed by atoms with Gasteiger partial charge >= 0.3 is 0 Å².